The number of nitro benzene ring substituents is 1. The number of aromatic nitrogens is 2. The molecule has 33 heavy (non-hydrogen) atoms. The fraction of sp³-hybridized carbons (Fsp3) is 0.292. The van der Waals surface area contributed by atoms with E-state index in [1.807, 2.05) is 11.9 Å². The van der Waals surface area contributed by atoms with Crippen molar-refractivity contribution < 1.29 is 14.5 Å². The zero-order chi connectivity index (χ0) is 23.4. The molecular weight excluding hydrogens is 422 g/mol. The van der Waals surface area contributed by atoms with Crippen molar-refractivity contribution in [3.63, 3.8) is 0 Å². The van der Waals surface area contributed by atoms with Crippen LogP contribution >= 0.6 is 0 Å². The van der Waals surface area contributed by atoms with Crippen molar-refractivity contribution in [2.75, 3.05) is 12.4 Å². The molecule has 0 spiro atoms. The first-order valence-corrected chi connectivity index (χ1v) is 10.9. The molecule has 0 radical (unpaired) electrons. The van der Waals surface area contributed by atoms with Crippen LogP contribution in [0.15, 0.2) is 61.2 Å². The van der Waals surface area contributed by atoms with E-state index in [1.165, 1.54) is 41.7 Å². The molecule has 2 amide bonds. The summed E-state index contributed by atoms with van der Waals surface area (Å²) < 4.78 is 1.51. The number of amides is 2. The van der Waals surface area contributed by atoms with Gasteiger partial charge < -0.3 is 14.8 Å². The van der Waals surface area contributed by atoms with Gasteiger partial charge in [0.05, 0.1) is 11.3 Å². The molecule has 0 saturated heterocycles. The lowest BCUT2D eigenvalue weighted by molar-refractivity contribution is -0.384. The Balaban J connectivity index is 1.46. The Bertz CT molecular complexity index is 1150. The van der Waals surface area contributed by atoms with Crippen LogP contribution in [0, 0.1) is 10.1 Å². The third kappa shape index (κ3) is 4.92. The number of nitrogens with one attached hydrogen (secondary N) is 1. The molecule has 4 rings (SSSR count). The summed E-state index contributed by atoms with van der Waals surface area (Å²) in [6, 6.07) is 11.2. The number of hydrogen-bond acceptors (Lipinski definition) is 5. The Hall–Kier alpha value is -4.01. The maximum atomic E-state index is 12.8. The van der Waals surface area contributed by atoms with Crippen molar-refractivity contribution in [3.05, 3.63) is 82.4 Å². The van der Waals surface area contributed by atoms with Crippen molar-refractivity contribution in [2.45, 2.75) is 38.1 Å². The molecule has 1 saturated carbocycles. The molecule has 9 heteroatoms. The van der Waals surface area contributed by atoms with Crippen molar-refractivity contribution in [2.24, 2.45) is 0 Å². The van der Waals surface area contributed by atoms with E-state index in [2.05, 4.69) is 10.3 Å². The number of nitro groups is 1. The van der Waals surface area contributed by atoms with Crippen molar-refractivity contribution in [3.8, 4) is 5.69 Å². The molecule has 1 N–H and O–H groups in total. The van der Waals surface area contributed by atoms with Gasteiger partial charge in [-0.3, -0.25) is 19.7 Å². The second-order valence-electron chi connectivity index (χ2n) is 8.17. The molecule has 1 aliphatic rings. The maximum absolute atomic E-state index is 12.8. The van der Waals surface area contributed by atoms with E-state index in [4.69, 9.17) is 0 Å². The first-order valence-electron chi connectivity index (χ1n) is 10.9. The molecule has 0 aliphatic heterocycles. The highest BCUT2D eigenvalue weighted by molar-refractivity contribution is 6.05. The van der Waals surface area contributed by atoms with Gasteiger partial charge in [-0.15, -0.1) is 0 Å². The van der Waals surface area contributed by atoms with Crippen LogP contribution in [0.4, 0.5) is 11.4 Å². The maximum Gasteiger partial charge on any atom is 0.294 e. The fourth-order valence-corrected chi connectivity index (χ4v) is 4.17. The Morgan fingerprint density at radius 3 is 2.42 bits per heavy atom. The van der Waals surface area contributed by atoms with Crippen molar-refractivity contribution >= 4 is 23.2 Å². The van der Waals surface area contributed by atoms with Gasteiger partial charge >= 0.3 is 0 Å². The highest BCUT2D eigenvalue weighted by Crippen LogP contribution is 2.25. The van der Waals surface area contributed by atoms with Crippen LogP contribution in [0.5, 0.6) is 0 Å². The van der Waals surface area contributed by atoms with E-state index in [0.29, 0.717) is 16.9 Å². The molecule has 1 fully saturated rings. The lowest BCUT2D eigenvalue weighted by Crippen LogP contribution is -2.38. The average molecular weight is 447 g/mol. The zero-order valence-corrected chi connectivity index (χ0v) is 18.3. The van der Waals surface area contributed by atoms with Crippen LogP contribution in [0.3, 0.4) is 0 Å². The van der Waals surface area contributed by atoms with Gasteiger partial charge in [0.15, 0.2) is 0 Å². The van der Waals surface area contributed by atoms with Gasteiger partial charge in [0, 0.05) is 48.4 Å². The summed E-state index contributed by atoms with van der Waals surface area (Å²) in [5.41, 5.74) is 1.33. The quantitative estimate of drug-likeness (QED) is 0.444. The number of imidazole rings is 1. The smallest absolute Gasteiger partial charge is 0.294 e. The number of nitrogens with zero attached hydrogens (tertiary/aromatic N) is 4. The number of rotatable bonds is 6. The molecule has 0 unspecified atom stereocenters. The zero-order valence-electron chi connectivity index (χ0n) is 18.3. The minimum atomic E-state index is -0.532. The van der Waals surface area contributed by atoms with Crippen molar-refractivity contribution in [1.29, 1.82) is 0 Å². The predicted octanol–water partition coefficient (Wildman–Crippen LogP) is 4.44. The van der Waals surface area contributed by atoms with E-state index >= 15 is 0 Å². The summed E-state index contributed by atoms with van der Waals surface area (Å²) in [7, 11) is 1.84. The Kier molecular flexibility index (Phi) is 6.48. The average Bonchev–Trinajstić information content (AvgIpc) is 3.38. The van der Waals surface area contributed by atoms with Crippen LogP contribution < -0.4 is 5.32 Å². The summed E-state index contributed by atoms with van der Waals surface area (Å²) in [5, 5.41) is 14.3. The number of anilines is 1. The normalized spacial score (nSPS) is 14.0. The minimum Gasteiger partial charge on any atom is -0.339 e. The number of carbonyl (C=O) groups is 2. The molecule has 1 heterocycles. The Labute approximate surface area is 191 Å². The third-order valence-electron chi connectivity index (χ3n) is 6.05. The number of carbonyl (C=O) groups excluding carboxylic acids is 2. The monoisotopic (exact) mass is 447 g/mol. The van der Waals surface area contributed by atoms with Gasteiger partial charge in [-0.2, -0.15) is 0 Å². The molecule has 2 aromatic carbocycles. The number of hydrogen-bond donors (Lipinski definition) is 1. The van der Waals surface area contributed by atoms with Crippen LogP contribution in [-0.4, -0.2) is 44.3 Å². The first kappa shape index (κ1) is 22.2. The molecule has 170 valence electrons. The molecule has 1 aliphatic carbocycles. The Morgan fingerprint density at radius 1 is 1.09 bits per heavy atom. The summed E-state index contributed by atoms with van der Waals surface area (Å²) in [4.78, 5) is 42.2. The summed E-state index contributed by atoms with van der Waals surface area (Å²) in [6.07, 6.45) is 10.1. The largest absolute Gasteiger partial charge is 0.339 e. The highest BCUT2D eigenvalue weighted by Gasteiger charge is 2.23. The lowest BCUT2D eigenvalue weighted by atomic mass is 9.94. The van der Waals surface area contributed by atoms with Crippen LogP contribution in [0.1, 0.15) is 52.8 Å². The van der Waals surface area contributed by atoms with Crippen LogP contribution in [0.2, 0.25) is 0 Å². The molecule has 0 bridgehead atoms. The highest BCUT2D eigenvalue weighted by atomic mass is 16.6. The SMILES string of the molecule is CN(C(=O)c1ccc(NC(=O)c2ccc(-n3ccnc3)c([N+](=O)[O-])c2)cc1)C1CCCCC1. The minimum absolute atomic E-state index is 0.0366. The van der Waals surface area contributed by atoms with Gasteiger partial charge in [0.2, 0.25) is 0 Å². The summed E-state index contributed by atoms with van der Waals surface area (Å²) in [5.74, 6) is -0.515. The molecule has 1 aromatic heterocycles. The Morgan fingerprint density at radius 2 is 1.79 bits per heavy atom. The predicted molar refractivity (Wildman–Crippen MR) is 124 cm³/mol. The van der Waals surface area contributed by atoms with Crippen LogP contribution in [-0.2, 0) is 0 Å². The van der Waals surface area contributed by atoms with Crippen molar-refractivity contribution in [1.82, 2.24) is 14.5 Å². The van der Waals surface area contributed by atoms with E-state index in [9.17, 15) is 19.7 Å². The van der Waals surface area contributed by atoms with E-state index in [0.717, 1.165) is 25.7 Å². The van der Waals surface area contributed by atoms with E-state index < -0.39 is 10.8 Å². The topological polar surface area (TPSA) is 110 Å². The first-order chi connectivity index (χ1) is 15.9. The summed E-state index contributed by atoms with van der Waals surface area (Å²) in [6.45, 7) is 0. The standard InChI is InChI=1S/C24H25N5O4/c1-27(20-5-3-2-4-6-20)24(31)17-7-10-19(11-8-17)26-23(30)18-9-12-21(22(15-18)29(32)33)28-14-13-25-16-28/h7-16,20H,2-6H2,1H3,(H,26,30). The third-order valence-corrected chi connectivity index (χ3v) is 6.05. The van der Waals surface area contributed by atoms with Gasteiger partial charge in [-0.05, 0) is 49.2 Å². The molecular formula is C24H25N5O4. The van der Waals surface area contributed by atoms with Gasteiger partial charge in [-0.25, -0.2) is 4.98 Å². The second kappa shape index (κ2) is 9.64. The van der Waals surface area contributed by atoms with Gasteiger partial charge in [0.25, 0.3) is 17.5 Å². The lowest BCUT2D eigenvalue weighted by Gasteiger charge is -2.31. The second-order valence-corrected chi connectivity index (χ2v) is 8.17. The van der Waals surface area contributed by atoms with Gasteiger partial charge in [0.1, 0.15) is 5.69 Å². The number of benzene rings is 2. The molecule has 9 nitrogen and oxygen atoms in total. The van der Waals surface area contributed by atoms with E-state index in [1.54, 1.807) is 30.5 Å². The van der Waals surface area contributed by atoms with Gasteiger partial charge in [-0.1, -0.05) is 19.3 Å². The molecule has 3 aromatic rings. The fourth-order valence-electron chi connectivity index (χ4n) is 4.17. The van der Waals surface area contributed by atoms with Crippen LogP contribution in [0.25, 0.3) is 5.69 Å². The van der Waals surface area contributed by atoms with E-state index in [-0.39, 0.29) is 23.2 Å². The molecule has 0 atom stereocenters. The summed E-state index contributed by atoms with van der Waals surface area (Å²) >= 11 is 0.